The number of carbonyl (C=O) groups is 1. The van der Waals surface area contributed by atoms with E-state index in [0.29, 0.717) is 25.2 Å². The summed E-state index contributed by atoms with van der Waals surface area (Å²) in [5.41, 5.74) is 14.4. The topological polar surface area (TPSA) is 84.4 Å². The Labute approximate surface area is 102 Å². The van der Waals surface area contributed by atoms with Crippen LogP contribution in [0.15, 0.2) is 29.5 Å². The van der Waals surface area contributed by atoms with Gasteiger partial charge in [0.05, 0.1) is 5.57 Å². The van der Waals surface area contributed by atoms with Gasteiger partial charge in [0, 0.05) is 39.3 Å². The van der Waals surface area contributed by atoms with Gasteiger partial charge in [-0.05, 0) is 12.2 Å². The third-order valence-electron chi connectivity index (χ3n) is 2.45. The van der Waals surface area contributed by atoms with E-state index in [-0.39, 0.29) is 5.91 Å². The summed E-state index contributed by atoms with van der Waals surface area (Å²) < 4.78 is 0. The molecule has 0 aromatic rings. The molecule has 0 saturated heterocycles. The van der Waals surface area contributed by atoms with Crippen LogP contribution in [0.5, 0.6) is 0 Å². The van der Waals surface area contributed by atoms with Gasteiger partial charge in [-0.1, -0.05) is 6.08 Å². The summed E-state index contributed by atoms with van der Waals surface area (Å²) in [5, 5.41) is 2.84. The van der Waals surface area contributed by atoms with Gasteiger partial charge >= 0.3 is 0 Å². The highest BCUT2D eigenvalue weighted by Gasteiger charge is 2.08. The molecule has 0 atom stereocenters. The molecule has 0 bridgehead atoms. The smallest absolute Gasteiger partial charge is 0.259 e. The van der Waals surface area contributed by atoms with Gasteiger partial charge in [0.2, 0.25) is 0 Å². The minimum Gasteiger partial charge on any atom is -0.350 e. The second kappa shape index (κ2) is 7.81. The maximum absolute atomic E-state index is 11.6. The summed E-state index contributed by atoms with van der Waals surface area (Å²) in [7, 11) is 0. The van der Waals surface area contributed by atoms with E-state index in [0.717, 1.165) is 19.6 Å². The van der Waals surface area contributed by atoms with E-state index in [1.807, 2.05) is 0 Å². The highest BCUT2D eigenvalue weighted by atomic mass is 16.1. The molecule has 0 aromatic carbocycles. The molecule has 0 unspecified atom stereocenters. The van der Waals surface area contributed by atoms with Crippen molar-refractivity contribution in [2.75, 3.05) is 39.3 Å². The summed E-state index contributed by atoms with van der Waals surface area (Å²) in [6.07, 6.45) is 5.26. The second-order valence-electron chi connectivity index (χ2n) is 3.76. The van der Waals surface area contributed by atoms with Crippen LogP contribution in [-0.2, 0) is 4.79 Å². The van der Waals surface area contributed by atoms with Crippen LogP contribution in [-0.4, -0.2) is 50.1 Å². The summed E-state index contributed by atoms with van der Waals surface area (Å²) in [6.45, 7) is 4.17. The summed E-state index contributed by atoms with van der Waals surface area (Å²) in [4.78, 5) is 13.7. The normalized spacial score (nSPS) is 13.2. The average molecular weight is 236 g/mol. The molecule has 1 aliphatic carbocycles. The standard InChI is InChI=1S/C12H20N4O/c13-5-8-16(9-6-14)10-7-15-12(17)11-3-1-2-4-11/h1-3H,5-10,13-14H2,(H,15,17). The zero-order chi connectivity index (χ0) is 12.5. The monoisotopic (exact) mass is 236 g/mol. The fourth-order valence-electron chi connectivity index (χ4n) is 1.59. The van der Waals surface area contributed by atoms with Crippen molar-refractivity contribution >= 4 is 5.91 Å². The van der Waals surface area contributed by atoms with Crippen LogP contribution >= 0.6 is 0 Å². The maximum atomic E-state index is 11.6. The van der Waals surface area contributed by atoms with Gasteiger partial charge in [0.25, 0.3) is 5.91 Å². The minimum atomic E-state index is -0.0875. The number of hydrogen-bond acceptors (Lipinski definition) is 4. The first kappa shape index (κ1) is 13.7. The molecule has 0 fully saturated rings. The maximum Gasteiger partial charge on any atom is 0.259 e. The van der Waals surface area contributed by atoms with Gasteiger partial charge in [-0.25, -0.2) is 0 Å². The van der Waals surface area contributed by atoms with E-state index in [9.17, 15) is 4.79 Å². The van der Waals surface area contributed by atoms with Crippen molar-refractivity contribution in [2.24, 2.45) is 11.5 Å². The van der Waals surface area contributed by atoms with Gasteiger partial charge in [0.15, 0.2) is 0 Å². The zero-order valence-electron chi connectivity index (χ0n) is 9.98. The largest absolute Gasteiger partial charge is 0.350 e. The number of hydrogen-bond donors (Lipinski definition) is 3. The van der Waals surface area contributed by atoms with Crippen LogP contribution in [0, 0.1) is 0 Å². The Morgan fingerprint density at radius 2 is 2.00 bits per heavy atom. The minimum absolute atomic E-state index is 0.0875. The summed E-state index contributed by atoms with van der Waals surface area (Å²) >= 11 is 0. The van der Waals surface area contributed by atoms with E-state index in [4.69, 9.17) is 11.5 Å². The quantitative estimate of drug-likeness (QED) is 0.471. The van der Waals surface area contributed by atoms with Gasteiger partial charge in [-0.15, -0.1) is 5.73 Å². The molecular weight excluding hydrogens is 216 g/mol. The van der Waals surface area contributed by atoms with Crippen LogP contribution in [0.2, 0.25) is 0 Å². The van der Waals surface area contributed by atoms with Crippen molar-refractivity contribution in [3.8, 4) is 0 Å². The van der Waals surface area contributed by atoms with Crippen molar-refractivity contribution in [3.05, 3.63) is 29.5 Å². The molecule has 0 aromatic heterocycles. The lowest BCUT2D eigenvalue weighted by Gasteiger charge is -2.20. The highest BCUT2D eigenvalue weighted by molar-refractivity contribution is 5.96. The number of allylic oxidation sites excluding steroid dienone is 1. The lowest BCUT2D eigenvalue weighted by Crippen LogP contribution is -2.40. The Morgan fingerprint density at radius 1 is 1.29 bits per heavy atom. The number of nitrogens with one attached hydrogen (secondary N) is 1. The predicted molar refractivity (Wildman–Crippen MR) is 68.3 cm³/mol. The van der Waals surface area contributed by atoms with Crippen molar-refractivity contribution < 1.29 is 4.79 Å². The van der Waals surface area contributed by atoms with Gasteiger partial charge in [-0.3, -0.25) is 9.69 Å². The molecule has 0 heterocycles. The second-order valence-corrected chi connectivity index (χ2v) is 3.76. The first-order valence-electron chi connectivity index (χ1n) is 5.82. The number of nitrogens with two attached hydrogens (primary N) is 2. The molecule has 5 N–H and O–H groups in total. The average Bonchev–Trinajstić information content (AvgIpc) is 2.83. The van der Waals surface area contributed by atoms with E-state index in [1.54, 1.807) is 18.2 Å². The molecule has 0 spiro atoms. The summed E-state index contributed by atoms with van der Waals surface area (Å²) in [5.74, 6) is -0.0875. The molecular formula is C12H20N4O. The molecule has 1 rings (SSSR count). The molecule has 0 radical (unpaired) electrons. The molecule has 5 heteroatoms. The van der Waals surface area contributed by atoms with Gasteiger partial charge < -0.3 is 16.8 Å². The zero-order valence-corrected chi connectivity index (χ0v) is 9.98. The van der Waals surface area contributed by atoms with Crippen LogP contribution in [0.1, 0.15) is 0 Å². The fourth-order valence-corrected chi connectivity index (χ4v) is 1.59. The van der Waals surface area contributed by atoms with Crippen molar-refractivity contribution in [1.82, 2.24) is 10.2 Å². The molecule has 94 valence electrons. The molecule has 1 amide bonds. The number of amides is 1. The Kier molecular flexibility index (Phi) is 6.29. The lowest BCUT2D eigenvalue weighted by molar-refractivity contribution is -0.117. The Bertz CT molecular complexity index is 336. The van der Waals surface area contributed by atoms with Gasteiger partial charge in [-0.2, -0.15) is 0 Å². The molecule has 17 heavy (non-hydrogen) atoms. The van der Waals surface area contributed by atoms with E-state index in [2.05, 4.69) is 15.9 Å². The first-order valence-corrected chi connectivity index (χ1v) is 5.82. The number of nitrogens with zero attached hydrogens (tertiary/aromatic N) is 1. The Hall–Kier alpha value is -1.39. The molecule has 1 aliphatic rings. The fraction of sp³-hybridized carbons (Fsp3) is 0.500. The molecule has 0 aliphatic heterocycles. The van der Waals surface area contributed by atoms with E-state index >= 15 is 0 Å². The molecule has 5 nitrogen and oxygen atoms in total. The predicted octanol–water partition coefficient (Wildman–Crippen LogP) is -1.03. The number of rotatable bonds is 8. The number of carbonyl (C=O) groups excluding carboxylic acids is 1. The SMILES string of the molecule is NCCN(CCN)CCNC(=O)C1=C=CC=C1. The third-order valence-corrected chi connectivity index (χ3v) is 2.45. The summed E-state index contributed by atoms with van der Waals surface area (Å²) in [6, 6.07) is 0. The van der Waals surface area contributed by atoms with Crippen molar-refractivity contribution in [3.63, 3.8) is 0 Å². The van der Waals surface area contributed by atoms with Gasteiger partial charge in [0.1, 0.15) is 0 Å². The lowest BCUT2D eigenvalue weighted by atomic mass is 10.3. The highest BCUT2D eigenvalue weighted by Crippen LogP contribution is 2.00. The third kappa shape index (κ3) is 4.97. The van der Waals surface area contributed by atoms with Crippen molar-refractivity contribution in [1.29, 1.82) is 0 Å². The molecule has 0 saturated carbocycles. The van der Waals surface area contributed by atoms with Crippen LogP contribution in [0.4, 0.5) is 0 Å². The first-order chi connectivity index (χ1) is 8.27. The van der Waals surface area contributed by atoms with Crippen LogP contribution < -0.4 is 16.8 Å². The van der Waals surface area contributed by atoms with E-state index in [1.165, 1.54) is 0 Å². The van der Waals surface area contributed by atoms with Crippen molar-refractivity contribution in [2.45, 2.75) is 0 Å². The van der Waals surface area contributed by atoms with Crippen LogP contribution in [0.25, 0.3) is 0 Å². The van der Waals surface area contributed by atoms with Crippen LogP contribution in [0.3, 0.4) is 0 Å². The Morgan fingerprint density at radius 3 is 2.53 bits per heavy atom. The van der Waals surface area contributed by atoms with E-state index < -0.39 is 0 Å². The Balaban J connectivity index is 2.23.